The van der Waals surface area contributed by atoms with Crippen molar-refractivity contribution >= 4 is 22.8 Å². The molecule has 3 N–H and O–H groups in total. The number of carbonyl (C=O) groups excluding carboxylic acids is 1. The molecule has 7 nitrogen and oxygen atoms in total. The van der Waals surface area contributed by atoms with Crippen molar-refractivity contribution in [1.82, 2.24) is 5.32 Å². The fourth-order valence-corrected chi connectivity index (χ4v) is 3.46. The van der Waals surface area contributed by atoms with Crippen LogP contribution in [-0.2, 0) is 0 Å². The summed E-state index contributed by atoms with van der Waals surface area (Å²) >= 11 is 0. The second kappa shape index (κ2) is 7.69. The molecule has 2 aliphatic rings. The Labute approximate surface area is 175 Å². The van der Waals surface area contributed by atoms with Crippen LogP contribution in [-0.4, -0.2) is 28.6 Å². The first kappa shape index (κ1) is 19.7. The molecule has 31 heavy (non-hydrogen) atoms. The molecule has 4 rings (SSSR count). The minimum Gasteiger partial charge on any atom is -0.508 e. The predicted octanol–water partition coefficient (Wildman–Crippen LogP) is 3.33. The lowest BCUT2D eigenvalue weighted by atomic mass is 9.89. The van der Waals surface area contributed by atoms with Gasteiger partial charge < -0.3 is 19.9 Å². The number of carbonyl (C=O) groups is 2. The topological polar surface area (TPSA) is 117 Å². The van der Waals surface area contributed by atoms with Gasteiger partial charge in [-0.1, -0.05) is 5.92 Å². The second-order valence-electron chi connectivity index (χ2n) is 6.77. The summed E-state index contributed by atoms with van der Waals surface area (Å²) in [5, 5.41) is 22.7. The number of carboxylic acids is 1. The monoisotopic (exact) mass is 413 g/mol. The first-order valence-electron chi connectivity index (χ1n) is 9.18. The van der Waals surface area contributed by atoms with Gasteiger partial charge in [0.05, 0.1) is 12.1 Å². The average molecular weight is 413 g/mol. The van der Waals surface area contributed by atoms with Gasteiger partial charge in [0.25, 0.3) is 5.91 Å². The minimum atomic E-state index is -1.19. The molecule has 2 aromatic rings. The van der Waals surface area contributed by atoms with Gasteiger partial charge in [0, 0.05) is 34.2 Å². The first-order valence-corrected chi connectivity index (χ1v) is 9.18. The van der Waals surface area contributed by atoms with Gasteiger partial charge in [-0.15, -0.1) is 6.42 Å². The molecule has 1 aliphatic heterocycles. The number of carboxylic acid groups (broad SMARTS) is 1. The van der Waals surface area contributed by atoms with Crippen molar-refractivity contribution in [1.29, 1.82) is 0 Å². The molecule has 0 saturated heterocycles. The van der Waals surface area contributed by atoms with Crippen LogP contribution < -0.4 is 10.7 Å². The summed E-state index contributed by atoms with van der Waals surface area (Å²) in [6, 6.07) is 12.8. The van der Waals surface area contributed by atoms with Gasteiger partial charge in [0.15, 0.2) is 5.43 Å². The molecule has 1 aliphatic carbocycles. The highest BCUT2D eigenvalue weighted by Gasteiger charge is 2.23. The number of benzene rings is 3. The van der Waals surface area contributed by atoms with E-state index in [1.807, 2.05) is 0 Å². The number of fused-ring (bicyclic) bond motifs is 2. The molecule has 0 spiro atoms. The van der Waals surface area contributed by atoms with Crippen molar-refractivity contribution in [3.05, 3.63) is 75.9 Å². The summed E-state index contributed by atoms with van der Waals surface area (Å²) in [7, 11) is 0. The van der Waals surface area contributed by atoms with Crippen molar-refractivity contribution in [3.63, 3.8) is 0 Å². The third kappa shape index (κ3) is 3.58. The third-order valence-corrected chi connectivity index (χ3v) is 4.81. The van der Waals surface area contributed by atoms with Crippen LogP contribution >= 0.6 is 0 Å². The van der Waals surface area contributed by atoms with E-state index in [1.54, 1.807) is 12.1 Å². The number of amides is 1. The number of aromatic hydroxyl groups is 1. The van der Waals surface area contributed by atoms with E-state index in [9.17, 15) is 24.6 Å². The molecule has 0 fully saturated rings. The molecule has 0 radical (unpaired) electrons. The van der Waals surface area contributed by atoms with Crippen LogP contribution in [0.1, 0.15) is 20.7 Å². The average Bonchev–Trinajstić information content (AvgIpc) is 2.75. The molecule has 0 aromatic heterocycles. The van der Waals surface area contributed by atoms with Gasteiger partial charge in [0.1, 0.15) is 17.1 Å². The van der Waals surface area contributed by atoms with E-state index in [-0.39, 0.29) is 45.8 Å². The Balaban J connectivity index is 2.09. The summed E-state index contributed by atoms with van der Waals surface area (Å²) in [5.74, 6) is 0.836. The van der Waals surface area contributed by atoms with Crippen molar-refractivity contribution < 1.29 is 24.2 Å². The van der Waals surface area contributed by atoms with Crippen LogP contribution in [0.2, 0.25) is 0 Å². The zero-order valence-corrected chi connectivity index (χ0v) is 16.0. The number of nitrogens with one attached hydrogen (secondary N) is 1. The van der Waals surface area contributed by atoms with E-state index >= 15 is 0 Å². The Morgan fingerprint density at radius 3 is 2.58 bits per heavy atom. The molecule has 1 amide bonds. The fourth-order valence-electron chi connectivity index (χ4n) is 3.46. The molecule has 0 saturated carbocycles. The largest absolute Gasteiger partial charge is 0.508 e. The maximum Gasteiger partial charge on any atom is 0.336 e. The maximum absolute atomic E-state index is 12.4. The van der Waals surface area contributed by atoms with Crippen molar-refractivity contribution in [3.8, 4) is 40.5 Å². The Morgan fingerprint density at radius 1 is 1.03 bits per heavy atom. The van der Waals surface area contributed by atoms with Gasteiger partial charge in [-0.25, -0.2) is 4.79 Å². The SMILES string of the molecule is C#CCNC(=O)c1ccc(C(=O)O)c(-c2c3ccc(=O)cc-3oc3cc(O)ccc23)c1. The summed E-state index contributed by atoms with van der Waals surface area (Å²) in [6.07, 6.45) is 5.19. The number of phenolic OH excluding ortho intramolecular Hbond substituents is 1. The maximum atomic E-state index is 12.4. The quantitative estimate of drug-likeness (QED) is 0.349. The van der Waals surface area contributed by atoms with E-state index in [0.29, 0.717) is 16.5 Å². The number of hydrogen-bond donors (Lipinski definition) is 3. The molecule has 0 atom stereocenters. The standard InChI is InChI=1S/C24H15NO6/c1-2-9-25-23(28)13-3-6-16(24(29)30)19(10-13)22-17-7-4-14(26)11-20(17)31-21-12-15(27)5-8-18(21)22/h1,3-8,10-12,26H,9H2,(H,25,28)(H,29,30). The highest BCUT2D eigenvalue weighted by Crippen LogP contribution is 2.42. The van der Waals surface area contributed by atoms with E-state index in [4.69, 9.17) is 10.8 Å². The molecule has 0 bridgehead atoms. The van der Waals surface area contributed by atoms with Gasteiger partial charge in [-0.05, 0) is 48.0 Å². The van der Waals surface area contributed by atoms with Crippen molar-refractivity contribution in [2.45, 2.75) is 0 Å². The summed E-state index contributed by atoms with van der Waals surface area (Å²) in [5.41, 5.74) is 1.35. The Bertz CT molecular complexity index is 1430. The van der Waals surface area contributed by atoms with Gasteiger partial charge in [-0.2, -0.15) is 0 Å². The number of aromatic carboxylic acids is 1. The molecular formula is C24H15NO6. The van der Waals surface area contributed by atoms with Crippen LogP contribution in [0, 0.1) is 12.3 Å². The number of rotatable bonds is 4. The smallest absolute Gasteiger partial charge is 0.336 e. The Hall–Kier alpha value is -4.57. The highest BCUT2D eigenvalue weighted by atomic mass is 16.4. The lowest BCUT2D eigenvalue weighted by Gasteiger charge is -2.17. The molecule has 0 unspecified atom stereocenters. The van der Waals surface area contributed by atoms with Crippen molar-refractivity contribution in [2.75, 3.05) is 6.54 Å². The van der Waals surface area contributed by atoms with Crippen LogP contribution in [0.25, 0.3) is 33.4 Å². The molecule has 2 aromatic carbocycles. The van der Waals surface area contributed by atoms with Gasteiger partial charge >= 0.3 is 5.97 Å². The first-order chi connectivity index (χ1) is 14.9. The summed E-state index contributed by atoms with van der Waals surface area (Å²) < 4.78 is 5.79. The van der Waals surface area contributed by atoms with Gasteiger partial charge in [-0.3, -0.25) is 9.59 Å². The molecular weight excluding hydrogens is 398 g/mol. The van der Waals surface area contributed by atoms with Crippen LogP contribution in [0.3, 0.4) is 0 Å². The number of hydrogen-bond acceptors (Lipinski definition) is 5. The third-order valence-electron chi connectivity index (χ3n) is 4.81. The zero-order chi connectivity index (χ0) is 22.1. The molecule has 7 heteroatoms. The Morgan fingerprint density at radius 2 is 1.84 bits per heavy atom. The zero-order valence-electron chi connectivity index (χ0n) is 16.0. The van der Waals surface area contributed by atoms with E-state index in [1.165, 1.54) is 42.5 Å². The second-order valence-corrected chi connectivity index (χ2v) is 6.77. The predicted molar refractivity (Wildman–Crippen MR) is 114 cm³/mol. The van der Waals surface area contributed by atoms with Crippen LogP contribution in [0.4, 0.5) is 0 Å². The number of terminal acetylenes is 1. The van der Waals surface area contributed by atoms with Gasteiger partial charge in [0.2, 0.25) is 0 Å². The van der Waals surface area contributed by atoms with Crippen molar-refractivity contribution in [2.24, 2.45) is 0 Å². The molecule has 1 heterocycles. The van der Waals surface area contributed by atoms with E-state index < -0.39 is 11.9 Å². The summed E-state index contributed by atoms with van der Waals surface area (Å²) in [4.78, 5) is 36.3. The normalized spacial score (nSPS) is 10.7. The summed E-state index contributed by atoms with van der Waals surface area (Å²) in [6.45, 7) is 0.0243. The minimum absolute atomic E-state index is 0.0243. The van der Waals surface area contributed by atoms with E-state index in [0.717, 1.165) is 0 Å². The van der Waals surface area contributed by atoms with Crippen LogP contribution in [0.5, 0.6) is 5.75 Å². The highest BCUT2D eigenvalue weighted by molar-refractivity contribution is 6.09. The van der Waals surface area contributed by atoms with E-state index in [2.05, 4.69) is 11.2 Å². The van der Waals surface area contributed by atoms with Crippen LogP contribution in [0.15, 0.2) is 63.8 Å². The lowest BCUT2D eigenvalue weighted by Crippen LogP contribution is -2.23. The number of phenols is 1. The lowest BCUT2D eigenvalue weighted by molar-refractivity contribution is 0.0697. The Kier molecular flexibility index (Phi) is 4.89. The molecule has 152 valence electrons. The fraction of sp³-hybridized carbons (Fsp3) is 0.0417.